The van der Waals surface area contributed by atoms with Gasteiger partial charge in [-0.3, -0.25) is 4.79 Å². The lowest BCUT2D eigenvalue weighted by atomic mass is 9.98. The van der Waals surface area contributed by atoms with Crippen LogP contribution in [0.15, 0.2) is 36.5 Å². The Morgan fingerprint density at radius 3 is 1.37 bits per heavy atom. The summed E-state index contributed by atoms with van der Waals surface area (Å²) in [5, 5.41) is 75.8. The predicted octanol–water partition coefficient (Wildman–Crippen LogP) is 10.3. The number of rotatable bonds is 45. The number of hydrogen-bond acceptors (Lipinski definition) is 10. The molecule has 1 saturated heterocycles. The first kappa shape index (κ1) is 61.3. The number of carbonyl (C=O) groups is 1. The topological polar surface area (TPSA) is 189 Å². The van der Waals surface area contributed by atoms with Gasteiger partial charge in [0, 0.05) is 0 Å². The van der Waals surface area contributed by atoms with Crippen molar-refractivity contribution in [2.75, 3.05) is 13.2 Å². The molecule has 0 aromatic rings. The van der Waals surface area contributed by atoms with Crippen molar-refractivity contribution in [3.63, 3.8) is 0 Å². The molecule has 0 spiro atoms. The first-order chi connectivity index (χ1) is 31.7. The molecular formula is C54H101NO10. The van der Waals surface area contributed by atoms with Gasteiger partial charge in [-0.05, 0) is 77.0 Å². The molecule has 382 valence electrons. The minimum Gasteiger partial charge on any atom is -0.394 e. The summed E-state index contributed by atoms with van der Waals surface area (Å²) in [6.45, 7) is 3.42. The molecule has 0 radical (unpaired) electrons. The molecule has 0 aliphatic carbocycles. The van der Waals surface area contributed by atoms with E-state index >= 15 is 0 Å². The summed E-state index contributed by atoms with van der Waals surface area (Å²) in [7, 11) is 0. The number of amides is 1. The molecule has 11 heteroatoms. The van der Waals surface area contributed by atoms with Crippen LogP contribution in [0.5, 0.6) is 0 Å². The Morgan fingerprint density at radius 1 is 0.523 bits per heavy atom. The lowest BCUT2D eigenvalue weighted by molar-refractivity contribution is -0.303. The highest BCUT2D eigenvalue weighted by molar-refractivity contribution is 5.80. The van der Waals surface area contributed by atoms with Gasteiger partial charge in [-0.25, -0.2) is 0 Å². The standard InChI is InChI=1S/C54H101NO10/c1-3-5-7-9-11-13-15-17-19-20-21-22-23-24-25-26-27-28-30-32-34-36-38-40-42-47(58)53(63)55-45(44-64-54-52(62)51(61)50(60)48(43-56)65-54)49(59)46(57)41-39-37-35-33-31-29-18-16-14-12-10-8-6-4-2/h16,18,24-25,33,35,45-52,54,56-62H,3-15,17,19-23,26-32,34,36-44H2,1-2H3,(H,55,63)/b18-16+,25-24-,35-33+. The van der Waals surface area contributed by atoms with Crippen LogP contribution < -0.4 is 5.32 Å². The van der Waals surface area contributed by atoms with E-state index in [0.717, 1.165) is 44.9 Å². The highest BCUT2D eigenvalue weighted by Crippen LogP contribution is 2.23. The molecule has 1 aliphatic heterocycles. The monoisotopic (exact) mass is 924 g/mol. The van der Waals surface area contributed by atoms with Crippen LogP contribution in [0.2, 0.25) is 0 Å². The largest absolute Gasteiger partial charge is 0.394 e. The van der Waals surface area contributed by atoms with E-state index in [9.17, 15) is 40.5 Å². The summed E-state index contributed by atoms with van der Waals surface area (Å²) < 4.78 is 11.1. The minimum absolute atomic E-state index is 0.245. The quantitative estimate of drug-likeness (QED) is 0.0216. The zero-order valence-electron chi connectivity index (χ0n) is 41.5. The Balaban J connectivity index is 2.35. The van der Waals surface area contributed by atoms with E-state index in [0.29, 0.717) is 19.3 Å². The lowest BCUT2D eigenvalue weighted by Crippen LogP contribution is -2.60. The number of allylic oxidation sites excluding steroid dienone is 6. The second-order valence-electron chi connectivity index (χ2n) is 18.9. The molecule has 0 aromatic carbocycles. The van der Waals surface area contributed by atoms with Crippen molar-refractivity contribution in [2.45, 2.75) is 287 Å². The van der Waals surface area contributed by atoms with Gasteiger partial charge in [-0.1, -0.05) is 192 Å². The third-order valence-corrected chi connectivity index (χ3v) is 12.9. The van der Waals surface area contributed by atoms with Crippen molar-refractivity contribution in [1.82, 2.24) is 5.32 Å². The first-order valence-electron chi connectivity index (χ1n) is 26.9. The minimum atomic E-state index is -1.67. The van der Waals surface area contributed by atoms with E-state index in [1.165, 1.54) is 141 Å². The average Bonchev–Trinajstić information content (AvgIpc) is 3.31. The zero-order chi connectivity index (χ0) is 47.6. The molecule has 11 nitrogen and oxygen atoms in total. The van der Waals surface area contributed by atoms with E-state index in [1.54, 1.807) is 0 Å². The Bertz CT molecular complexity index is 1150. The van der Waals surface area contributed by atoms with Gasteiger partial charge < -0.3 is 50.5 Å². The first-order valence-corrected chi connectivity index (χ1v) is 26.9. The fraction of sp³-hybridized carbons (Fsp3) is 0.870. The molecule has 8 N–H and O–H groups in total. The number of carbonyl (C=O) groups excluding carboxylic acids is 1. The third kappa shape index (κ3) is 32.7. The molecule has 9 unspecified atom stereocenters. The molecule has 0 aromatic heterocycles. The van der Waals surface area contributed by atoms with E-state index in [4.69, 9.17) is 9.47 Å². The van der Waals surface area contributed by atoms with Crippen LogP contribution in [0.1, 0.15) is 232 Å². The second-order valence-corrected chi connectivity index (χ2v) is 18.9. The van der Waals surface area contributed by atoms with Crippen LogP contribution in [0.25, 0.3) is 0 Å². The van der Waals surface area contributed by atoms with Crippen LogP contribution >= 0.6 is 0 Å². The van der Waals surface area contributed by atoms with Gasteiger partial charge in [0.1, 0.15) is 36.6 Å². The van der Waals surface area contributed by atoms with Gasteiger partial charge in [0.25, 0.3) is 0 Å². The lowest BCUT2D eigenvalue weighted by Gasteiger charge is -2.40. The molecule has 1 amide bonds. The molecule has 1 fully saturated rings. The maximum Gasteiger partial charge on any atom is 0.249 e. The highest BCUT2D eigenvalue weighted by Gasteiger charge is 2.44. The Labute approximate surface area is 397 Å². The van der Waals surface area contributed by atoms with Gasteiger partial charge in [-0.15, -0.1) is 0 Å². The predicted molar refractivity (Wildman–Crippen MR) is 265 cm³/mol. The van der Waals surface area contributed by atoms with Crippen LogP contribution in [-0.2, 0) is 14.3 Å². The van der Waals surface area contributed by atoms with Crippen LogP contribution in [0.3, 0.4) is 0 Å². The number of ether oxygens (including phenoxy) is 2. The summed E-state index contributed by atoms with van der Waals surface area (Å²) in [6, 6.07) is -1.19. The summed E-state index contributed by atoms with van der Waals surface area (Å²) >= 11 is 0. The van der Waals surface area contributed by atoms with E-state index in [2.05, 4.69) is 55.6 Å². The molecule has 1 rings (SSSR count). The summed E-state index contributed by atoms with van der Waals surface area (Å²) in [4.78, 5) is 13.1. The Hall–Kier alpha value is -1.67. The van der Waals surface area contributed by atoms with Gasteiger partial charge in [0.15, 0.2) is 6.29 Å². The fourth-order valence-electron chi connectivity index (χ4n) is 8.45. The van der Waals surface area contributed by atoms with Crippen molar-refractivity contribution < 1.29 is 50.0 Å². The summed E-state index contributed by atoms with van der Waals surface area (Å²) in [5.74, 6) is -0.713. The smallest absolute Gasteiger partial charge is 0.249 e. The normalized spacial score (nSPS) is 21.2. The molecule has 9 atom stereocenters. The van der Waals surface area contributed by atoms with Gasteiger partial charge in [-0.2, -0.15) is 0 Å². The molecular weight excluding hydrogens is 823 g/mol. The molecule has 1 heterocycles. The van der Waals surface area contributed by atoms with E-state index in [-0.39, 0.29) is 12.8 Å². The summed E-state index contributed by atoms with van der Waals surface area (Å²) in [6.07, 6.45) is 40.6. The highest BCUT2D eigenvalue weighted by atomic mass is 16.7. The SMILES string of the molecule is CCCCCCC/C=C/CC/C=C/CCCC(O)C(O)C(COC1OC(CO)C(O)C(O)C1O)NC(=O)C(O)CCCCCCCCCC/C=C\CCCCCCCCCCCCCC. The summed E-state index contributed by atoms with van der Waals surface area (Å²) in [5.41, 5.74) is 0. The number of hydrogen-bond donors (Lipinski definition) is 8. The maximum absolute atomic E-state index is 13.1. The van der Waals surface area contributed by atoms with Gasteiger partial charge >= 0.3 is 0 Å². The third-order valence-electron chi connectivity index (χ3n) is 12.9. The molecule has 0 bridgehead atoms. The second kappa shape index (κ2) is 43.6. The Morgan fingerprint density at radius 2 is 0.923 bits per heavy atom. The van der Waals surface area contributed by atoms with Crippen LogP contribution in [0.4, 0.5) is 0 Å². The maximum atomic E-state index is 13.1. The molecule has 0 saturated carbocycles. The molecule has 1 aliphatic rings. The zero-order valence-corrected chi connectivity index (χ0v) is 41.5. The fourth-order valence-corrected chi connectivity index (χ4v) is 8.45. The van der Waals surface area contributed by atoms with Crippen molar-refractivity contribution in [3.8, 4) is 0 Å². The number of aliphatic hydroxyl groups excluding tert-OH is 7. The number of nitrogens with one attached hydrogen (secondary N) is 1. The van der Waals surface area contributed by atoms with Crippen molar-refractivity contribution in [2.24, 2.45) is 0 Å². The van der Waals surface area contributed by atoms with Crippen LogP contribution in [0, 0.1) is 0 Å². The number of aliphatic hydroxyl groups is 7. The van der Waals surface area contributed by atoms with Gasteiger partial charge in [0.05, 0.1) is 25.4 Å². The van der Waals surface area contributed by atoms with Gasteiger partial charge in [0.2, 0.25) is 5.91 Å². The van der Waals surface area contributed by atoms with E-state index < -0.39 is 74.2 Å². The Kier molecular flexibility index (Phi) is 41.1. The van der Waals surface area contributed by atoms with Crippen molar-refractivity contribution in [1.29, 1.82) is 0 Å². The van der Waals surface area contributed by atoms with Crippen molar-refractivity contribution in [3.05, 3.63) is 36.5 Å². The van der Waals surface area contributed by atoms with E-state index in [1.807, 2.05) is 0 Å². The molecule has 65 heavy (non-hydrogen) atoms. The number of unbranched alkanes of at least 4 members (excludes halogenated alkanes) is 27. The van der Waals surface area contributed by atoms with Crippen LogP contribution in [-0.4, -0.2) is 110 Å². The van der Waals surface area contributed by atoms with Crippen molar-refractivity contribution >= 4 is 5.91 Å². The average molecular weight is 924 g/mol.